The van der Waals surface area contributed by atoms with E-state index in [1.165, 1.54) is 6.20 Å². The van der Waals surface area contributed by atoms with Crippen molar-refractivity contribution in [3.8, 4) is 6.07 Å². The minimum atomic E-state index is 0.383. The fourth-order valence-electron chi connectivity index (χ4n) is 2.42. The van der Waals surface area contributed by atoms with E-state index in [-0.39, 0.29) is 0 Å². The standard InChI is InChI=1S/C16H16N6O2/c1-24-7-4-18-14-8-16(19-10-12(14)9-17)22-6-3-15-20-13(11-23)2-5-21(15)22/h2-3,5,8,10-11H,4,6-7H2,1H3,(H,18,19). The number of ether oxygens (including phenoxy) is 1. The van der Waals surface area contributed by atoms with Crippen LogP contribution in [0.15, 0.2) is 41.4 Å². The number of aliphatic imine (C=N–C) groups is 1. The lowest BCUT2D eigenvalue weighted by atomic mass is 10.2. The number of rotatable bonds is 6. The molecule has 122 valence electrons. The first-order valence-corrected chi connectivity index (χ1v) is 7.38. The number of aldehydes is 1. The highest BCUT2D eigenvalue weighted by atomic mass is 16.5. The summed E-state index contributed by atoms with van der Waals surface area (Å²) < 4.78 is 5.02. The molecule has 0 amide bonds. The van der Waals surface area contributed by atoms with Crippen molar-refractivity contribution in [1.29, 1.82) is 5.26 Å². The van der Waals surface area contributed by atoms with Gasteiger partial charge in [-0.3, -0.25) is 9.80 Å². The maximum absolute atomic E-state index is 10.8. The number of hydrogen-bond donors (Lipinski definition) is 1. The topological polar surface area (TPSA) is 93.8 Å². The second-order valence-electron chi connectivity index (χ2n) is 5.08. The van der Waals surface area contributed by atoms with E-state index in [1.807, 2.05) is 22.2 Å². The van der Waals surface area contributed by atoms with E-state index < -0.39 is 0 Å². The Bertz CT molecular complexity index is 777. The summed E-state index contributed by atoms with van der Waals surface area (Å²) in [6.45, 7) is 1.70. The molecule has 0 radical (unpaired) electrons. The smallest absolute Gasteiger partial charge is 0.168 e. The number of fused-ring (bicyclic) bond motifs is 1. The summed E-state index contributed by atoms with van der Waals surface area (Å²) in [6, 6.07) is 3.94. The predicted molar refractivity (Wildman–Crippen MR) is 89.2 cm³/mol. The second kappa shape index (κ2) is 6.93. The number of hydrogen-bond acceptors (Lipinski definition) is 8. The Morgan fingerprint density at radius 2 is 2.42 bits per heavy atom. The Labute approximate surface area is 139 Å². The van der Waals surface area contributed by atoms with Crippen molar-refractivity contribution in [1.82, 2.24) is 9.99 Å². The number of nitriles is 1. The van der Waals surface area contributed by atoms with Crippen LogP contribution in [0.25, 0.3) is 0 Å². The maximum atomic E-state index is 10.8. The molecule has 1 aromatic heterocycles. The van der Waals surface area contributed by atoms with Crippen molar-refractivity contribution >= 4 is 23.5 Å². The van der Waals surface area contributed by atoms with Crippen LogP contribution in [0, 0.1) is 11.3 Å². The first-order valence-electron chi connectivity index (χ1n) is 7.38. The highest BCUT2D eigenvalue weighted by Gasteiger charge is 2.26. The molecule has 24 heavy (non-hydrogen) atoms. The van der Waals surface area contributed by atoms with Gasteiger partial charge in [0.15, 0.2) is 6.29 Å². The number of aromatic nitrogens is 1. The number of hydrazine groups is 1. The van der Waals surface area contributed by atoms with Gasteiger partial charge >= 0.3 is 0 Å². The van der Waals surface area contributed by atoms with Crippen LogP contribution in [0.1, 0.15) is 5.56 Å². The lowest BCUT2D eigenvalue weighted by molar-refractivity contribution is -0.102. The molecule has 1 aromatic rings. The minimum Gasteiger partial charge on any atom is -0.383 e. The monoisotopic (exact) mass is 324 g/mol. The van der Waals surface area contributed by atoms with Crippen molar-refractivity contribution in [2.45, 2.75) is 0 Å². The van der Waals surface area contributed by atoms with Gasteiger partial charge in [-0.05, 0) is 12.2 Å². The molecule has 0 saturated carbocycles. The molecule has 0 bridgehead atoms. The zero-order valence-corrected chi connectivity index (χ0v) is 13.1. The summed E-state index contributed by atoms with van der Waals surface area (Å²) in [7, 11) is 1.62. The summed E-state index contributed by atoms with van der Waals surface area (Å²) in [4.78, 5) is 19.4. The highest BCUT2D eigenvalue weighted by Crippen LogP contribution is 2.28. The van der Waals surface area contributed by atoms with Crippen molar-refractivity contribution in [3.05, 3.63) is 42.0 Å². The second-order valence-corrected chi connectivity index (χ2v) is 5.08. The van der Waals surface area contributed by atoms with Gasteiger partial charge in [0.05, 0.1) is 24.4 Å². The summed E-state index contributed by atoms with van der Waals surface area (Å²) in [5.74, 6) is 1.36. The van der Waals surface area contributed by atoms with Gasteiger partial charge in [0.2, 0.25) is 0 Å². The molecule has 8 nitrogen and oxygen atoms in total. The van der Waals surface area contributed by atoms with E-state index in [1.54, 1.807) is 19.4 Å². The minimum absolute atomic E-state index is 0.383. The van der Waals surface area contributed by atoms with E-state index in [4.69, 9.17) is 4.74 Å². The van der Waals surface area contributed by atoms with Gasteiger partial charge in [-0.15, -0.1) is 0 Å². The number of allylic oxidation sites excluding steroid dienone is 1. The Morgan fingerprint density at radius 3 is 3.17 bits per heavy atom. The first kappa shape index (κ1) is 15.7. The van der Waals surface area contributed by atoms with Gasteiger partial charge in [0.1, 0.15) is 23.4 Å². The number of carbonyl (C=O) groups excluding carboxylic acids is 1. The largest absolute Gasteiger partial charge is 0.383 e. The fourth-order valence-corrected chi connectivity index (χ4v) is 2.42. The van der Waals surface area contributed by atoms with Crippen LogP contribution in [0.5, 0.6) is 0 Å². The van der Waals surface area contributed by atoms with Crippen LogP contribution in [0.2, 0.25) is 0 Å². The highest BCUT2D eigenvalue weighted by molar-refractivity contribution is 6.34. The zero-order chi connectivity index (χ0) is 16.9. The molecular weight excluding hydrogens is 308 g/mol. The molecule has 0 aromatic carbocycles. The molecule has 3 rings (SSSR count). The van der Waals surface area contributed by atoms with Crippen molar-refractivity contribution < 1.29 is 9.53 Å². The summed E-state index contributed by atoms with van der Waals surface area (Å²) in [6.07, 6.45) is 7.58. The van der Waals surface area contributed by atoms with E-state index in [0.717, 1.165) is 6.29 Å². The molecule has 1 N–H and O–H groups in total. The maximum Gasteiger partial charge on any atom is 0.168 e. The number of carbonyl (C=O) groups is 1. The molecule has 0 unspecified atom stereocenters. The van der Waals surface area contributed by atoms with Gasteiger partial charge in [-0.1, -0.05) is 0 Å². The fraction of sp³-hybridized carbons (Fsp3) is 0.250. The normalized spacial score (nSPS) is 15.5. The third-order valence-electron chi connectivity index (χ3n) is 3.59. The first-order chi connectivity index (χ1) is 11.8. The molecule has 2 aliphatic rings. The molecule has 2 aliphatic heterocycles. The molecule has 0 aliphatic carbocycles. The Morgan fingerprint density at radius 1 is 1.54 bits per heavy atom. The lowest BCUT2D eigenvalue weighted by Gasteiger charge is -2.30. The van der Waals surface area contributed by atoms with Gasteiger partial charge < -0.3 is 10.1 Å². The zero-order valence-electron chi connectivity index (χ0n) is 13.1. The van der Waals surface area contributed by atoms with E-state index in [2.05, 4.69) is 21.4 Å². The van der Waals surface area contributed by atoms with Crippen molar-refractivity contribution in [2.24, 2.45) is 4.99 Å². The Balaban J connectivity index is 1.82. The predicted octanol–water partition coefficient (Wildman–Crippen LogP) is 1.06. The SMILES string of the molecule is COCCNc1cc(N2CC=C3N=C(C=O)C=CN32)ncc1C#N. The summed E-state index contributed by atoms with van der Waals surface area (Å²) in [5.41, 5.74) is 1.55. The molecule has 8 heteroatoms. The lowest BCUT2D eigenvalue weighted by Crippen LogP contribution is -2.35. The number of nitrogens with one attached hydrogen (secondary N) is 1. The van der Waals surface area contributed by atoms with Gasteiger partial charge in [0.25, 0.3) is 0 Å². The van der Waals surface area contributed by atoms with Crippen LogP contribution in [-0.4, -0.2) is 48.8 Å². The van der Waals surface area contributed by atoms with E-state index in [9.17, 15) is 10.1 Å². The molecule has 0 saturated heterocycles. The third kappa shape index (κ3) is 2.98. The van der Waals surface area contributed by atoms with E-state index in [0.29, 0.717) is 48.3 Å². The van der Waals surface area contributed by atoms with E-state index >= 15 is 0 Å². The number of anilines is 2. The molecular formula is C16H16N6O2. The summed E-state index contributed by atoms with van der Waals surface area (Å²) >= 11 is 0. The molecule has 0 atom stereocenters. The third-order valence-corrected chi connectivity index (χ3v) is 3.59. The number of pyridine rings is 1. The van der Waals surface area contributed by atoms with Crippen molar-refractivity contribution in [3.63, 3.8) is 0 Å². The number of nitrogens with zero attached hydrogens (tertiary/aromatic N) is 5. The van der Waals surface area contributed by atoms with Crippen LogP contribution in [0.3, 0.4) is 0 Å². The molecule has 0 spiro atoms. The molecule has 3 heterocycles. The number of methoxy groups -OCH3 is 1. The van der Waals surface area contributed by atoms with Crippen LogP contribution in [-0.2, 0) is 9.53 Å². The van der Waals surface area contributed by atoms with Gasteiger partial charge in [0, 0.05) is 32.1 Å². The summed E-state index contributed by atoms with van der Waals surface area (Å²) in [5, 5.41) is 16.1. The van der Waals surface area contributed by atoms with Crippen LogP contribution < -0.4 is 10.3 Å². The molecule has 0 fully saturated rings. The Kier molecular flexibility index (Phi) is 4.54. The van der Waals surface area contributed by atoms with Gasteiger partial charge in [-0.25, -0.2) is 15.0 Å². The van der Waals surface area contributed by atoms with Crippen LogP contribution >= 0.6 is 0 Å². The van der Waals surface area contributed by atoms with Crippen molar-refractivity contribution in [2.75, 3.05) is 37.1 Å². The van der Waals surface area contributed by atoms with Gasteiger partial charge in [-0.2, -0.15) is 5.26 Å². The quantitative estimate of drug-likeness (QED) is 0.617. The average molecular weight is 324 g/mol. The Hall–Kier alpha value is -3.18. The average Bonchev–Trinajstić information content (AvgIpc) is 3.04. The van der Waals surface area contributed by atoms with Crippen LogP contribution in [0.4, 0.5) is 11.5 Å².